The van der Waals surface area contributed by atoms with Gasteiger partial charge in [-0.05, 0) is 43.2 Å². The summed E-state index contributed by atoms with van der Waals surface area (Å²) in [5.74, 6) is 0.769. The molecular formula is C17H14N2O2. The second-order valence-corrected chi connectivity index (χ2v) is 5.17. The van der Waals surface area contributed by atoms with Crippen LogP contribution < -0.4 is 0 Å². The number of nitrogens with zero attached hydrogens (tertiary/aromatic N) is 2. The molecule has 0 aliphatic heterocycles. The molecule has 21 heavy (non-hydrogen) atoms. The zero-order valence-electron chi connectivity index (χ0n) is 11.7. The Kier molecular flexibility index (Phi) is 2.74. The number of benzene rings is 2. The van der Waals surface area contributed by atoms with Gasteiger partial charge in [-0.2, -0.15) is 0 Å². The lowest BCUT2D eigenvalue weighted by Gasteiger charge is -1.98. The minimum absolute atomic E-state index is 0.769. The van der Waals surface area contributed by atoms with Crippen LogP contribution in [0, 0.1) is 6.92 Å². The Hall–Kier alpha value is -2.62. The fourth-order valence-corrected chi connectivity index (χ4v) is 2.54. The molecule has 2 heterocycles. The molecule has 0 saturated heterocycles. The lowest BCUT2D eigenvalue weighted by molar-refractivity contribution is 0.450. The van der Waals surface area contributed by atoms with Crippen molar-refractivity contribution in [3.05, 3.63) is 59.6 Å². The molecule has 0 fully saturated rings. The number of hydrogen-bond acceptors (Lipinski definition) is 4. The van der Waals surface area contributed by atoms with E-state index in [1.807, 2.05) is 37.3 Å². The number of hydrogen-bond donors (Lipinski definition) is 0. The highest BCUT2D eigenvalue weighted by atomic mass is 16.5. The molecule has 0 bridgehead atoms. The lowest BCUT2D eigenvalue weighted by Crippen LogP contribution is -1.91. The molecule has 0 atom stereocenters. The van der Waals surface area contributed by atoms with E-state index >= 15 is 0 Å². The maximum atomic E-state index is 5.73. The molecular weight excluding hydrogens is 264 g/mol. The Labute approximate surface area is 121 Å². The van der Waals surface area contributed by atoms with Crippen molar-refractivity contribution >= 4 is 22.1 Å². The average Bonchev–Trinajstić information content (AvgIpc) is 3.08. The summed E-state index contributed by atoms with van der Waals surface area (Å²) in [5.41, 5.74) is 4.71. The first-order valence-electron chi connectivity index (χ1n) is 6.99. The molecule has 0 unspecified atom stereocenters. The molecule has 0 amide bonds. The van der Waals surface area contributed by atoms with Crippen LogP contribution in [0.5, 0.6) is 0 Å². The smallest absolute Gasteiger partial charge is 0.195 e. The molecule has 4 nitrogen and oxygen atoms in total. The van der Waals surface area contributed by atoms with Gasteiger partial charge in [0.15, 0.2) is 17.1 Å². The molecule has 4 aromatic rings. The van der Waals surface area contributed by atoms with E-state index in [4.69, 9.17) is 8.94 Å². The maximum absolute atomic E-state index is 5.73. The number of fused-ring (bicyclic) bond motifs is 2. The Morgan fingerprint density at radius 2 is 1.90 bits per heavy atom. The van der Waals surface area contributed by atoms with Gasteiger partial charge in [0, 0.05) is 11.8 Å². The van der Waals surface area contributed by atoms with Crippen LogP contribution in [0.2, 0.25) is 0 Å². The van der Waals surface area contributed by atoms with Crippen molar-refractivity contribution in [2.45, 2.75) is 19.8 Å². The monoisotopic (exact) mass is 278 g/mol. The van der Waals surface area contributed by atoms with Crippen LogP contribution >= 0.6 is 0 Å². The van der Waals surface area contributed by atoms with E-state index < -0.39 is 0 Å². The molecule has 0 aliphatic rings. The minimum Gasteiger partial charge on any atom is -0.441 e. The molecule has 4 heteroatoms. The summed E-state index contributed by atoms with van der Waals surface area (Å²) < 4.78 is 11.0. The average molecular weight is 278 g/mol. The summed E-state index contributed by atoms with van der Waals surface area (Å²) in [6, 6.07) is 14.0. The molecule has 0 N–H and O–H groups in total. The normalized spacial score (nSPS) is 11.5. The Morgan fingerprint density at radius 1 is 1.00 bits per heavy atom. The van der Waals surface area contributed by atoms with Gasteiger partial charge < -0.3 is 8.94 Å². The van der Waals surface area contributed by atoms with Crippen LogP contribution in [0.15, 0.2) is 51.4 Å². The fraction of sp³-hybridized carbons (Fsp3) is 0.176. The van der Waals surface area contributed by atoms with E-state index in [9.17, 15) is 0 Å². The van der Waals surface area contributed by atoms with Crippen LogP contribution in [-0.4, -0.2) is 10.1 Å². The molecule has 4 rings (SSSR count). The third-order valence-electron chi connectivity index (χ3n) is 3.68. The molecule has 104 valence electrons. The van der Waals surface area contributed by atoms with E-state index in [2.05, 4.69) is 22.3 Å². The zero-order chi connectivity index (χ0) is 14.2. The van der Waals surface area contributed by atoms with E-state index in [-0.39, 0.29) is 0 Å². The van der Waals surface area contributed by atoms with E-state index in [0.717, 1.165) is 46.5 Å². The van der Waals surface area contributed by atoms with Crippen molar-refractivity contribution in [2.24, 2.45) is 0 Å². The largest absolute Gasteiger partial charge is 0.441 e. The van der Waals surface area contributed by atoms with Crippen LogP contribution in [-0.2, 0) is 12.8 Å². The van der Waals surface area contributed by atoms with Crippen molar-refractivity contribution in [1.82, 2.24) is 10.1 Å². The van der Waals surface area contributed by atoms with Crippen LogP contribution in [0.3, 0.4) is 0 Å². The van der Waals surface area contributed by atoms with Gasteiger partial charge in [0.25, 0.3) is 0 Å². The zero-order valence-corrected chi connectivity index (χ0v) is 11.7. The molecule has 2 aromatic heterocycles. The van der Waals surface area contributed by atoms with Crippen molar-refractivity contribution in [2.75, 3.05) is 0 Å². The third-order valence-corrected chi connectivity index (χ3v) is 3.68. The molecule has 0 radical (unpaired) electrons. The van der Waals surface area contributed by atoms with Gasteiger partial charge in [-0.1, -0.05) is 23.4 Å². The first-order valence-corrected chi connectivity index (χ1v) is 6.99. The van der Waals surface area contributed by atoms with Crippen LogP contribution in [0.25, 0.3) is 22.1 Å². The second kappa shape index (κ2) is 4.74. The number of aromatic nitrogens is 2. The first kappa shape index (κ1) is 12.1. The predicted molar refractivity (Wildman–Crippen MR) is 80.2 cm³/mol. The Morgan fingerprint density at radius 3 is 2.81 bits per heavy atom. The van der Waals surface area contributed by atoms with Crippen molar-refractivity contribution in [3.63, 3.8) is 0 Å². The number of para-hydroxylation sites is 2. The summed E-state index contributed by atoms with van der Waals surface area (Å²) in [5, 5.41) is 5.05. The van der Waals surface area contributed by atoms with E-state index in [1.165, 1.54) is 5.56 Å². The second-order valence-electron chi connectivity index (χ2n) is 5.17. The highest BCUT2D eigenvalue weighted by Crippen LogP contribution is 2.21. The quantitative estimate of drug-likeness (QED) is 0.567. The van der Waals surface area contributed by atoms with E-state index in [1.54, 1.807) is 0 Å². The first-order chi connectivity index (χ1) is 10.3. The van der Waals surface area contributed by atoms with Gasteiger partial charge in [0.2, 0.25) is 0 Å². The standard InChI is InChI=1S/C17H14N2O2/c1-11-13-8-6-12(10-16(13)21-19-11)7-9-17-18-14-4-2-3-5-15(14)20-17/h2-6,8,10H,7,9H2,1H3. The van der Waals surface area contributed by atoms with Gasteiger partial charge in [0.05, 0.1) is 5.69 Å². The van der Waals surface area contributed by atoms with Gasteiger partial charge >= 0.3 is 0 Å². The predicted octanol–water partition coefficient (Wildman–Crippen LogP) is 4.06. The van der Waals surface area contributed by atoms with Gasteiger partial charge in [-0.15, -0.1) is 0 Å². The molecule has 0 aliphatic carbocycles. The van der Waals surface area contributed by atoms with E-state index in [0.29, 0.717) is 0 Å². The number of oxazole rings is 1. The fourth-order valence-electron chi connectivity index (χ4n) is 2.54. The summed E-state index contributed by atoms with van der Waals surface area (Å²) in [4.78, 5) is 4.49. The summed E-state index contributed by atoms with van der Waals surface area (Å²) in [7, 11) is 0. The molecule has 0 spiro atoms. The minimum atomic E-state index is 0.769. The highest BCUT2D eigenvalue weighted by molar-refractivity contribution is 5.79. The Balaban J connectivity index is 1.57. The van der Waals surface area contributed by atoms with Gasteiger partial charge in [-0.25, -0.2) is 4.98 Å². The summed E-state index contributed by atoms with van der Waals surface area (Å²) in [6.07, 6.45) is 1.63. The molecule has 0 saturated carbocycles. The topological polar surface area (TPSA) is 52.1 Å². The van der Waals surface area contributed by atoms with Crippen LogP contribution in [0.1, 0.15) is 17.1 Å². The lowest BCUT2D eigenvalue weighted by atomic mass is 10.1. The SMILES string of the molecule is Cc1noc2cc(CCc3nc4ccccc4o3)ccc12. The van der Waals surface area contributed by atoms with Crippen molar-refractivity contribution in [1.29, 1.82) is 0 Å². The van der Waals surface area contributed by atoms with Gasteiger partial charge in [-0.3, -0.25) is 0 Å². The highest BCUT2D eigenvalue weighted by Gasteiger charge is 2.08. The third kappa shape index (κ3) is 2.18. The van der Waals surface area contributed by atoms with Crippen molar-refractivity contribution < 1.29 is 8.94 Å². The van der Waals surface area contributed by atoms with Gasteiger partial charge in [0.1, 0.15) is 5.52 Å². The van der Waals surface area contributed by atoms with Crippen LogP contribution in [0.4, 0.5) is 0 Å². The number of aryl methyl sites for hydroxylation is 3. The Bertz CT molecular complexity index is 888. The summed E-state index contributed by atoms with van der Waals surface area (Å²) >= 11 is 0. The summed E-state index contributed by atoms with van der Waals surface area (Å²) in [6.45, 7) is 1.95. The molecule has 2 aromatic carbocycles. The number of rotatable bonds is 3. The van der Waals surface area contributed by atoms with Crippen molar-refractivity contribution in [3.8, 4) is 0 Å². The maximum Gasteiger partial charge on any atom is 0.195 e.